The van der Waals surface area contributed by atoms with Crippen molar-refractivity contribution in [2.45, 2.75) is 51.9 Å². The van der Waals surface area contributed by atoms with Gasteiger partial charge in [-0.3, -0.25) is 4.79 Å². The van der Waals surface area contributed by atoms with Crippen LogP contribution in [0.3, 0.4) is 0 Å². The maximum atomic E-state index is 14.0. The number of carbonyl (C=O) groups excluding carboxylic acids is 1. The van der Waals surface area contributed by atoms with Crippen molar-refractivity contribution in [1.29, 1.82) is 0 Å². The number of allylic oxidation sites excluding steroid dienone is 1. The highest BCUT2D eigenvalue weighted by Crippen LogP contribution is 2.43. The molecule has 0 fully saturated rings. The second kappa shape index (κ2) is 13.9. The van der Waals surface area contributed by atoms with Crippen molar-refractivity contribution in [3.63, 3.8) is 0 Å². The number of rotatable bonds is 10. The summed E-state index contributed by atoms with van der Waals surface area (Å²) in [5.41, 5.74) is 5.64. The molecule has 0 saturated heterocycles. The van der Waals surface area contributed by atoms with Crippen LogP contribution in [0.5, 0.6) is 11.5 Å². The molecule has 3 aromatic carbocycles. The Morgan fingerprint density at radius 1 is 1.11 bits per heavy atom. The summed E-state index contributed by atoms with van der Waals surface area (Å²) in [6.45, 7) is 8.23. The summed E-state index contributed by atoms with van der Waals surface area (Å²) in [5, 5.41) is 12.8. The summed E-state index contributed by atoms with van der Waals surface area (Å²) >= 11 is 17.5. The minimum absolute atomic E-state index is 0.242. The van der Waals surface area contributed by atoms with E-state index in [4.69, 9.17) is 42.8 Å². The first-order valence-corrected chi connectivity index (χ1v) is 16.5. The van der Waals surface area contributed by atoms with Gasteiger partial charge in [0.05, 0.1) is 27.2 Å². The van der Waals surface area contributed by atoms with Gasteiger partial charge in [-0.15, -0.1) is 5.10 Å². The number of nitrogens with zero attached hydrogens (tertiary/aromatic N) is 3. The summed E-state index contributed by atoms with van der Waals surface area (Å²) in [6, 6.07) is 14.5. The molecule has 1 aromatic heterocycles. The van der Waals surface area contributed by atoms with E-state index >= 15 is 0 Å². The number of hydrogen-bond donors (Lipinski definition) is 2. The zero-order valence-corrected chi connectivity index (χ0v) is 28.8. The van der Waals surface area contributed by atoms with Crippen molar-refractivity contribution in [3.05, 3.63) is 96.6 Å². The van der Waals surface area contributed by atoms with Crippen molar-refractivity contribution in [2.75, 3.05) is 23.5 Å². The number of fused-ring (bicyclic) bond motifs is 1. The first kappa shape index (κ1) is 32.2. The van der Waals surface area contributed by atoms with E-state index in [9.17, 15) is 4.79 Å². The van der Waals surface area contributed by atoms with Crippen molar-refractivity contribution < 1.29 is 14.3 Å². The lowest BCUT2D eigenvalue weighted by Crippen LogP contribution is -2.31. The Labute approximate surface area is 279 Å². The van der Waals surface area contributed by atoms with E-state index in [0.29, 0.717) is 48.4 Å². The fourth-order valence-corrected chi connectivity index (χ4v) is 6.53. The fraction of sp³-hybridized carbons (Fsp3) is 0.281. The molecule has 0 saturated carbocycles. The third kappa shape index (κ3) is 6.88. The quantitative estimate of drug-likeness (QED) is 0.158. The molecule has 0 bridgehead atoms. The number of ether oxygens (including phenoxy) is 2. The number of nitrogens with one attached hydrogen (secondary N) is 2. The Morgan fingerprint density at radius 2 is 1.91 bits per heavy atom. The summed E-state index contributed by atoms with van der Waals surface area (Å²) < 4.78 is 14.4. The molecule has 230 valence electrons. The maximum absolute atomic E-state index is 14.0. The van der Waals surface area contributed by atoms with Gasteiger partial charge in [0.1, 0.15) is 12.6 Å². The van der Waals surface area contributed by atoms with E-state index in [1.807, 2.05) is 57.2 Å². The first-order chi connectivity index (χ1) is 21.1. The smallest absolute Gasteiger partial charge is 0.255 e. The summed E-state index contributed by atoms with van der Waals surface area (Å²) in [5.74, 6) is 2.19. The Balaban J connectivity index is 1.55. The van der Waals surface area contributed by atoms with Crippen LogP contribution in [0.25, 0.3) is 0 Å². The van der Waals surface area contributed by atoms with Crippen LogP contribution < -0.4 is 20.1 Å². The molecule has 1 atom stereocenters. The molecule has 1 aliphatic heterocycles. The lowest BCUT2D eigenvalue weighted by Gasteiger charge is -2.29. The van der Waals surface area contributed by atoms with Gasteiger partial charge in [0.15, 0.2) is 11.5 Å². The van der Waals surface area contributed by atoms with E-state index in [2.05, 4.69) is 33.5 Å². The number of carbonyl (C=O) groups is 1. The van der Waals surface area contributed by atoms with Crippen LogP contribution in [0.15, 0.2) is 69.4 Å². The molecule has 1 aliphatic rings. The second-order valence-electron chi connectivity index (χ2n) is 10.4. The zero-order valence-electron chi connectivity index (χ0n) is 24.9. The number of anilines is 2. The predicted molar refractivity (Wildman–Crippen MR) is 182 cm³/mol. The molecule has 0 aliphatic carbocycles. The Morgan fingerprint density at radius 3 is 2.61 bits per heavy atom. The molecule has 5 rings (SSSR count). The van der Waals surface area contributed by atoms with Gasteiger partial charge in [-0.2, -0.15) is 4.98 Å². The van der Waals surface area contributed by atoms with Gasteiger partial charge in [-0.25, -0.2) is 4.68 Å². The van der Waals surface area contributed by atoms with Gasteiger partial charge in [0, 0.05) is 17.1 Å². The first-order valence-electron chi connectivity index (χ1n) is 14.0. The highest BCUT2D eigenvalue weighted by molar-refractivity contribution is 9.10. The normalized spacial score (nSPS) is 14.2. The number of halogens is 3. The Bertz CT molecular complexity index is 1760. The highest BCUT2D eigenvalue weighted by atomic mass is 79.9. The zero-order chi connectivity index (χ0) is 31.5. The van der Waals surface area contributed by atoms with Crippen LogP contribution in [-0.4, -0.2) is 33.5 Å². The molecule has 2 heterocycles. The van der Waals surface area contributed by atoms with E-state index < -0.39 is 6.04 Å². The van der Waals surface area contributed by atoms with Crippen molar-refractivity contribution >= 4 is 68.4 Å². The average molecular weight is 718 g/mol. The van der Waals surface area contributed by atoms with Crippen LogP contribution in [0.4, 0.5) is 11.6 Å². The van der Waals surface area contributed by atoms with Crippen LogP contribution in [0.1, 0.15) is 48.6 Å². The van der Waals surface area contributed by atoms with Gasteiger partial charge < -0.3 is 20.1 Å². The molecule has 0 radical (unpaired) electrons. The summed E-state index contributed by atoms with van der Waals surface area (Å²) in [4.78, 5) is 18.8. The Hall–Kier alpha value is -3.18. The van der Waals surface area contributed by atoms with E-state index in [0.717, 1.165) is 40.1 Å². The minimum Gasteiger partial charge on any atom is -0.493 e. The molecular formula is C32H32BrCl2N5O3S. The van der Waals surface area contributed by atoms with Crippen molar-refractivity contribution in [3.8, 4) is 11.5 Å². The molecule has 44 heavy (non-hydrogen) atoms. The van der Waals surface area contributed by atoms with Gasteiger partial charge in [-0.05, 0) is 90.1 Å². The molecule has 2 N–H and O–H groups in total. The predicted octanol–water partition coefficient (Wildman–Crippen LogP) is 8.98. The number of aryl methyl sites for hydroxylation is 2. The molecule has 1 amide bonds. The third-order valence-electron chi connectivity index (χ3n) is 7.08. The minimum atomic E-state index is -0.602. The monoisotopic (exact) mass is 715 g/mol. The largest absolute Gasteiger partial charge is 0.493 e. The molecule has 1 unspecified atom stereocenters. The number of amides is 1. The van der Waals surface area contributed by atoms with Crippen molar-refractivity contribution in [1.82, 2.24) is 14.8 Å². The number of aromatic nitrogens is 3. The summed E-state index contributed by atoms with van der Waals surface area (Å²) in [6.07, 6.45) is 0.986. The number of benzene rings is 3. The fourth-order valence-electron chi connectivity index (χ4n) is 4.95. The van der Waals surface area contributed by atoms with Crippen LogP contribution in [0.2, 0.25) is 10.0 Å². The summed E-state index contributed by atoms with van der Waals surface area (Å²) in [7, 11) is 1.58. The lowest BCUT2D eigenvalue weighted by atomic mass is 9.94. The van der Waals surface area contributed by atoms with Gasteiger partial charge >= 0.3 is 0 Å². The molecule has 4 aromatic rings. The van der Waals surface area contributed by atoms with Crippen LogP contribution >= 0.6 is 50.9 Å². The van der Waals surface area contributed by atoms with E-state index in [1.54, 1.807) is 35.7 Å². The second-order valence-corrected chi connectivity index (χ2v) is 13.2. The standard InChI is InChI=1S/C32H32BrCl2N5O3S/c1-6-11-44-32-38-31-36-19(4)27(30(41)37-25-10-7-17(2)12-18(25)3)28(40(31)39-32)21-14-22(33)29(26(15-21)42-5)43-16-20-8-9-23(34)24(35)13-20/h7-10,12-15,28H,6,11,16H2,1-5H3,(H,37,41)(H,36,38,39). The van der Waals surface area contributed by atoms with Gasteiger partial charge in [0.25, 0.3) is 5.91 Å². The SMILES string of the molecule is CCCSc1nc2n(n1)C(c1cc(Br)c(OCc3ccc(Cl)c(Cl)c3)c(OC)c1)C(C(=O)Nc1ccc(C)cc1C)=C(C)N2. The van der Waals surface area contributed by atoms with Crippen LogP contribution in [0, 0.1) is 13.8 Å². The van der Waals surface area contributed by atoms with E-state index in [-0.39, 0.29) is 12.5 Å². The topological polar surface area (TPSA) is 90.3 Å². The van der Waals surface area contributed by atoms with Gasteiger partial charge in [-0.1, -0.05) is 65.7 Å². The molecule has 8 nitrogen and oxygen atoms in total. The average Bonchev–Trinajstić information content (AvgIpc) is 3.39. The lowest BCUT2D eigenvalue weighted by molar-refractivity contribution is -0.113. The van der Waals surface area contributed by atoms with E-state index in [1.165, 1.54) is 0 Å². The van der Waals surface area contributed by atoms with Crippen LogP contribution in [-0.2, 0) is 11.4 Å². The number of thioether (sulfide) groups is 1. The number of methoxy groups -OCH3 is 1. The third-order valence-corrected chi connectivity index (χ3v) is 9.45. The Kier molecular flexibility index (Phi) is 10.1. The molecular weight excluding hydrogens is 685 g/mol. The molecule has 12 heteroatoms. The molecule has 0 spiro atoms. The highest BCUT2D eigenvalue weighted by Gasteiger charge is 2.35. The maximum Gasteiger partial charge on any atom is 0.255 e. The van der Waals surface area contributed by atoms with Crippen molar-refractivity contribution in [2.24, 2.45) is 0 Å². The van der Waals surface area contributed by atoms with Gasteiger partial charge in [0.2, 0.25) is 11.1 Å². The number of hydrogen-bond acceptors (Lipinski definition) is 7.